The van der Waals surface area contributed by atoms with Crippen LogP contribution in [0.3, 0.4) is 0 Å². The van der Waals surface area contributed by atoms with Gasteiger partial charge in [-0.2, -0.15) is 0 Å². The van der Waals surface area contributed by atoms with Crippen molar-refractivity contribution in [3.8, 4) is 11.1 Å². The lowest BCUT2D eigenvalue weighted by atomic mass is 9.94. The number of nitrogens with zero attached hydrogens (tertiary/aromatic N) is 2. The van der Waals surface area contributed by atoms with Gasteiger partial charge in [0.1, 0.15) is 12.1 Å². The van der Waals surface area contributed by atoms with Crippen molar-refractivity contribution in [2.24, 2.45) is 11.7 Å². The Hall–Kier alpha value is -3.39. The van der Waals surface area contributed by atoms with Crippen LogP contribution in [-0.4, -0.2) is 61.8 Å². The molecule has 2 aliphatic rings. The number of ether oxygens (including phenoxy) is 2. The van der Waals surface area contributed by atoms with Gasteiger partial charge in [-0.1, -0.05) is 56.7 Å². The van der Waals surface area contributed by atoms with Crippen molar-refractivity contribution in [2.75, 3.05) is 25.7 Å². The first kappa shape index (κ1) is 24.7. The van der Waals surface area contributed by atoms with Crippen LogP contribution in [0.2, 0.25) is 0 Å². The molecule has 0 aromatic heterocycles. The average Bonchev–Trinajstić information content (AvgIpc) is 3.48. The summed E-state index contributed by atoms with van der Waals surface area (Å²) in [5, 5.41) is 0. The molecule has 1 aliphatic heterocycles. The smallest absolute Gasteiger partial charge is 0.414 e. The second-order valence-electron chi connectivity index (χ2n) is 9.31. The number of nitrogens with two attached hydrogens (primary N) is 1. The Kier molecular flexibility index (Phi) is 7.12. The van der Waals surface area contributed by atoms with E-state index in [9.17, 15) is 14.4 Å². The van der Waals surface area contributed by atoms with Gasteiger partial charge < -0.3 is 20.1 Å². The predicted octanol–water partition coefficient (Wildman–Crippen LogP) is 3.35. The zero-order valence-electron chi connectivity index (χ0n) is 20.7. The summed E-state index contributed by atoms with van der Waals surface area (Å²) in [7, 11) is 2.86. The Morgan fingerprint density at radius 2 is 1.83 bits per heavy atom. The highest BCUT2D eigenvalue weighted by Gasteiger charge is 2.46. The minimum Gasteiger partial charge on any atom is -0.452 e. The highest BCUT2D eigenvalue weighted by molar-refractivity contribution is 6.01. The average molecular weight is 480 g/mol. The molecule has 0 unspecified atom stereocenters. The molecule has 1 aliphatic carbocycles. The summed E-state index contributed by atoms with van der Waals surface area (Å²) >= 11 is 0. The van der Waals surface area contributed by atoms with Crippen LogP contribution in [0, 0.1) is 5.92 Å². The molecule has 4 atom stereocenters. The van der Waals surface area contributed by atoms with Crippen LogP contribution in [0.15, 0.2) is 42.5 Å². The van der Waals surface area contributed by atoms with Crippen LogP contribution in [0.1, 0.15) is 37.8 Å². The van der Waals surface area contributed by atoms with Crippen molar-refractivity contribution in [2.45, 2.75) is 51.3 Å². The van der Waals surface area contributed by atoms with Crippen molar-refractivity contribution < 1.29 is 23.9 Å². The number of carbonyl (C=O) groups excluding carboxylic acids is 3. The summed E-state index contributed by atoms with van der Waals surface area (Å²) in [5.41, 5.74) is 10.6. The third kappa shape index (κ3) is 4.38. The van der Waals surface area contributed by atoms with E-state index in [1.807, 2.05) is 44.2 Å². The van der Waals surface area contributed by atoms with Crippen LogP contribution in [-0.2, 0) is 25.5 Å². The minimum atomic E-state index is -0.875. The number of primary amides is 1. The second-order valence-corrected chi connectivity index (χ2v) is 9.31. The first-order valence-corrected chi connectivity index (χ1v) is 12.0. The van der Waals surface area contributed by atoms with E-state index in [2.05, 4.69) is 12.1 Å². The Morgan fingerprint density at radius 3 is 2.49 bits per heavy atom. The molecular formula is C27H33N3O5. The summed E-state index contributed by atoms with van der Waals surface area (Å²) in [5.74, 6) is -1.13. The molecule has 0 saturated carbocycles. The third-order valence-corrected chi connectivity index (χ3v) is 7.38. The molecule has 1 fully saturated rings. The van der Waals surface area contributed by atoms with Crippen LogP contribution >= 0.6 is 0 Å². The van der Waals surface area contributed by atoms with E-state index in [0.717, 1.165) is 16.7 Å². The van der Waals surface area contributed by atoms with Crippen molar-refractivity contribution in [1.82, 2.24) is 4.90 Å². The van der Waals surface area contributed by atoms with Gasteiger partial charge in [-0.05, 0) is 34.2 Å². The number of benzene rings is 2. The highest BCUT2D eigenvalue weighted by atomic mass is 16.5. The standard InChI is InChI=1S/C27H33N3O5/c1-5-16(2)24(26(32)29-15-18(34-3)14-23(29)25(28)31)30(27(33)35-4)22-12-8-11-20-19-10-7-6-9-17(19)13-21(20)22/h6-12,16,18,23-24H,5,13-15H2,1-4H3,(H2,28,31)/t16-,18-,23-,24-/m0/s1. The molecule has 0 bridgehead atoms. The van der Waals surface area contributed by atoms with Gasteiger partial charge >= 0.3 is 6.09 Å². The molecular weight excluding hydrogens is 446 g/mol. The predicted molar refractivity (Wildman–Crippen MR) is 133 cm³/mol. The van der Waals surface area contributed by atoms with Gasteiger partial charge in [0.15, 0.2) is 0 Å². The van der Waals surface area contributed by atoms with Crippen LogP contribution in [0.4, 0.5) is 10.5 Å². The van der Waals surface area contributed by atoms with Gasteiger partial charge in [-0.3, -0.25) is 14.5 Å². The lowest BCUT2D eigenvalue weighted by Crippen LogP contribution is -2.57. The fraction of sp³-hybridized carbons (Fsp3) is 0.444. The van der Waals surface area contributed by atoms with Gasteiger partial charge in [0.2, 0.25) is 11.8 Å². The molecule has 186 valence electrons. The monoisotopic (exact) mass is 479 g/mol. The molecule has 1 saturated heterocycles. The Morgan fingerprint density at radius 1 is 1.11 bits per heavy atom. The lowest BCUT2D eigenvalue weighted by Gasteiger charge is -2.37. The molecule has 1 heterocycles. The van der Waals surface area contributed by atoms with E-state index in [1.165, 1.54) is 22.5 Å². The Bertz CT molecular complexity index is 1130. The van der Waals surface area contributed by atoms with E-state index >= 15 is 0 Å². The van der Waals surface area contributed by atoms with Gasteiger partial charge in [0, 0.05) is 26.5 Å². The highest BCUT2D eigenvalue weighted by Crippen LogP contribution is 2.42. The molecule has 4 rings (SSSR count). The fourth-order valence-corrected chi connectivity index (χ4v) is 5.31. The van der Waals surface area contributed by atoms with Gasteiger partial charge in [0.25, 0.3) is 0 Å². The lowest BCUT2D eigenvalue weighted by molar-refractivity contribution is -0.139. The number of amides is 3. The maximum atomic E-state index is 14.1. The molecule has 2 aromatic rings. The first-order chi connectivity index (χ1) is 16.8. The quantitative estimate of drug-likeness (QED) is 0.560. The van der Waals surface area contributed by atoms with Crippen molar-refractivity contribution in [3.63, 3.8) is 0 Å². The van der Waals surface area contributed by atoms with Crippen LogP contribution in [0.5, 0.6) is 0 Å². The van der Waals surface area contributed by atoms with E-state index < -0.39 is 24.1 Å². The van der Waals surface area contributed by atoms with E-state index in [0.29, 0.717) is 24.9 Å². The zero-order chi connectivity index (χ0) is 25.3. The van der Waals surface area contributed by atoms with Gasteiger partial charge in [-0.15, -0.1) is 0 Å². The Balaban J connectivity index is 1.81. The molecule has 8 nitrogen and oxygen atoms in total. The first-order valence-electron chi connectivity index (χ1n) is 12.0. The molecule has 35 heavy (non-hydrogen) atoms. The topological polar surface area (TPSA) is 102 Å². The van der Waals surface area contributed by atoms with Crippen molar-refractivity contribution >= 4 is 23.6 Å². The number of fused-ring (bicyclic) bond motifs is 3. The molecule has 2 N–H and O–H groups in total. The molecule has 0 spiro atoms. The fourth-order valence-electron chi connectivity index (χ4n) is 5.31. The number of anilines is 1. The summed E-state index contributed by atoms with van der Waals surface area (Å²) in [6, 6.07) is 12.3. The summed E-state index contributed by atoms with van der Waals surface area (Å²) in [6.45, 7) is 4.14. The van der Waals surface area contributed by atoms with Gasteiger partial charge in [-0.25, -0.2) is 4.79 Å². The molecule has 8 heteroatoms. The van der Waals surface area contributed by atoms with E-state index in [4.69, 9.17) is 15.2 Å². The van der Waals surface area contributed by atoms with Crippen molar-refractivity contribution in [3.05, 3.63) is 53.6 Å². The Labute approximate surface area is 206 Å². The minimum absolute atomic E-state index is 0.212. The number of hydrogen-bond acceptors (Lipinski definition) is 5. The van der Waals surface area contributed by atoms with E-state index in [-0.39, 0.29) is 24.5 Å². The maximum Gasteiger partial charge on any atom is 0.414 e. The number of hydrogen-bond donors (Lipinski definition) is 1. The largest absolute Gasteiger partial charge is 0.452 e. The number of methoxy groups -OCH3 is 2. The van der Waals surface area contributed by atoms with Crippen LogP contribution in [0.25, 0.3) is 11.1 Å². The zero-order valence-corrected chi connectivity index (χ0v) is 20.7. The van der Waals surface area contributed by atoms with Gasteiger partial charge in [0.05, 0.1) is 18.9 Å². The van der Waals surface area contributed by atoms with E-state index in [1.54, 1.807) is 7.11 Å². The maximum absolute atomic E-state index is 14.1. The molecule has 3 amide bonds. The number of rotatable bonds is 7. The second kappa shape index (κ2) is 10.1. The molecule has 2 aromatic carbocycles. The van der Waals surface area contributed by atoms with Crippen LogP contribution < -0.4 is 10.6 Å². The third-order valence-electron chi connectivity index (χ3n) is 7.38. The summed E-state index contributed by atoms with van der Waals surface area (Å²) in [4.78, 5) is 42.6. The summed E-state index contributed by atoms with van der Waals surface area (Å²) < 4.78 is 10.7. The number of carbonyl (C=O) groups is 3. The number of likely N-dealkylation sites (tertiary alicyclic amines) is 1. The van der Waals surface area contributed by atoms with Crippen molar-refractivity contribution in [1.29, 1.82) is 0 Å². The normalized spacial score (nSPS) is 20.1. The SMILES string of the molecule is CC[C@H](C)[C@@H](C(=O)N1C[C@@H](OC)C[C@H]1C(N)=O)N(C(=O)OC)c1cccc2c1Cc1ccccc1-2. The summed E-state index contributed by atoms with van der Waals surface area (Å²) in [6.07, 6.45) is 0.707. The molecule has 0 radical (unpaired) electrons.